The Morgan fingerprint density at radius 2 is 2.05 bits per heavy atom. The van der Waals surface area contributed by atoms with Gasteiger partial charge in [0.15, 0.2) is 5.69 Å². The van der Waals surface area contributed by atoms with E-state index in [1.807, 2.05) is 19.1 Å². The van der Waals surface area contributed by atoms with Gasteiger partial charge in [-0.15, -0.1) is 0 Å². The number of aryl methyl sites for hydroxylation is 1. The van der Waals surface area contributed by atoms with Gasteiger partial charge in [-0.3, -0.25) is 4.98 Å². The number of hydrogen-bond acceptors (Lipinski definition) is 4. The number of anilines is 2. The number of hydrogen-bond donors (Lipinski definition) is 2. The van der Waals surface area contributed by atoms with Gasteiger partial charge in [0.05, 0.1) is 12.4 Å². The van der Waals surface area contributed by atoms with E-state index in [2.05, 4.69) is 35.2 Å². The number of aromatic nitrogens is 2. The fourth-order valence-electron chi connectivity index (χ4n) is 2.00. The first-order valence-corrected chi connectivity index (χ1v) is 6.41. The van der Waals surface area contributed by atoms with Crippen molar-refractivity contribution in [2.45, 2.75) is 26.7 Å². The van der Waals surface area contributed by atoms with Crippen LogP contribution in [0.5, 0.6) is 0 Å². The van der Waals surface area contributed by atoms with E-state index >= 15 is 0 Å². The van der Waals surface area contributed by atoms with E-state index < -0.39 is 5.97 Å². The second kappa shape index (κ2) is 5.69. The van der Waals surface area contributed by atoms with Gasteiger partial charge in [-0.1, -0.05) is 32.0 Å². The summed E-state index contributed by atoms with van der Waals surface area (Å²) in [5.74, 6) is -0.302. The van der Waals surface area contributed by atoms with Crippen LogP contribution in [0.25, 0.3) is 0 Å². The molecule has 1 aromatic carbocycles. The maximum Gasteiger partial charge on any atom is 0.356 e. The second-order valence-corrected chi connectivity index (χ2v) is 4.91. The molecule has 104 valence electrons. The van der Waals surface area contributed by atoms with Gasteiger partial charge in [0.2, 0.25) is 0 Å². The van der Waals surface area contributed by atoms with Crippen LogP contribution in [0, 0.1) is 6.92 Å². The summed E-state index contributed by atoms with van der Waals surface area (Å²) in [7, 11) is 0. The van der Waals surface area contributed by atoms with E-state index in [4.69, 9.17) is 5.11 Å². The average Bonchev–Trinajstić information content (AvgIpc) is 2.41. The lowest BCUT2D eigenvalue weighted by atomic mass is 9.98. The van der Waals surface area contributed by atoms with Crippen LogP contribution >= 0.6 is 0 Å². The Balaban J connectivity index is 2.39. The molecule has 0 bridgehead atoms. The molecule has 0 fully saturated rings. The van der Waals surface area contributed by atoms with Gasteiger partial charge >= 0.3 is 5.97 Å². The third-order valence-corrected chi connectivity index (χ3v) is 3.03. The SMILES string of the molecule is Cc1cccc(C(C)C)c1Nc1cncc(C(=O)O)n1. The molecule has 0 saturated carbocycles. The lowest BCUT2D eigenvalue weighted by Gasteiger charge is -2.16. The molecule has 2 rings (SSSR count). The molecule has 0 aliphatic heterocycles. The van der Waals surface area contributed by atoms with E-state index in [1.165, 1.54) is 12.4 Å². The first-order valence-electron chi connectivity index (χ1n) is 6.41. The fourth-order valence-corrected chi connectivity index (χ4v) is 2.00. The number of carboxylic acid groups (broad SMARTS) is 1. The zero-order valence-electron chi connectivity index (χ0n) is 11.7. The molecule has 0 spiro atoms. The van der Waals surface area contributed by atoms with Crippen molar-refractivity contribution in [3.05, 3.63) is 47.4 Å². The highest BCUT2D eigenvalue weighted by Gasteiger charge is 2.11. The highest BCUT2D eigenvalue weighted by atomic mass is 16.4. The number of rotatable bonds is 4. The molecule has 0 radical (unpaired) electrons. The minimum absolute atomic E-state index is 0.0744. The van der Waals surface area contributed by atoms with Crippen molar-refractivity contribution in [3.8, 4) is 0 Å². The Morgan fingerprint density at radius 3 is 2.70 bits per heavy atom. The number of nitrogens with one attached hydrogen (secondary N) is 1. The lowest BCUT2D eigenvalue weighted by Crippen LogP contribution is -2.06. The average molecular weight is 271 g/mol. The molecule has 2 N–H and O–H groups in total. The van der Waals surface area contributed by atoms with Gasteiger partial charge in [0, 0.05) is 5.69 Å². The number of para-hydroxylation sites is 1. The second-order valence-electron chi connectivity index (χ2n) is 4.91. The molecule has 1 heterocycles. The summed E-state index contributed by atoms with van der Waals surface area (Å²) in [4.78, 5) is 18.9. The number of carboxylic acids is 1. The largest absolute Gasteiger partial charge is 0.476 e. The quantitative estimate of drug-likeness (QED) is 0.891. The van der Waals surface area contributed by atoms with E-state index in [1.54, 1.807) is 0 Å². The number of benzene rings is 1. The lowest BCUT2D eigenvalue weighted by molar-refractivity contribution is 0.0690. The maximum atomic E-state index is 10.9. The summed E-state index contributed by atoms with van der Waals surface area (Å²) in [6, 6.07) is 6.06. The van der Waals surface area contributed by atoms with Gasteiger partial charge in [-0.25, -0.2) is 9.78 Å². The van der Waals surface area contributed by atoms with E-state index in [9.17, 15) is 4.79 Å². The predicted octanol–water partition coefficient (Wildman–Crippen LogP) is 3.35. The molecule has 0 unspecified atom stereocenters. The van der Waals surface area contributed by atoms with Crippen molar-refractivity contribution in [1.82, 2.24) is 9.97 Å². The zero-order valence-corrected chi connectivity index (χ0v) is 11.7. The molecular formula is C15H17N3O2. The highest BCUT2D eigenvalue weighted by Crippen LogP contribution is 2.29. The smallest absolute Gasteiger partial charge is 0.356 e. The topological polar surface area (TPSA) is 75.1 Å². The van der Waals surface area contributed by atoms with Crippen LogP contribution in [0.1, 0.15) is 41.4 Å². The first-order chi connectivity index (χ1) is 9.49. The molecule has 1 aromatic heterocycles. The Kier molecular flexibility index (Phi) is 3.98. The monoisotopic (exact) mass is 271 g/mol. The summed E-state index contributed by atoms with van der Waals surface area (Å²) in [6.45, 7) is 6.22. The molecule has 0 atom stereocenters. The van der Waals surface area contributed by atoms with E-state index in [0.29, 0.717) is 11.7 Å². The van der Waals surface area contributed by atoms with Crippen molar-refractivity contribution in [2.75, 3.05) is 5.32 Å². The van der Waals surface area contributed by atoms with Crippen LogP contribution in [-0.4, -0.2) is 21.0 Å². The first kappa shape index (κ1) is 14.0. The third-order valence-electron chi connectivity index (χ3n) is 3.03. The van der Waals surface area contributed by atoms with Crippen molar-refractivity contribution in [3.63, 3.8) is 0 Å². The predicted molar refractivity (Wildman–Crippen MR) is 77.5 cm³/mol. The van der Waals surface area contributed by atoms with Crippen LogP contribution in [0.15, 0.2) is 30.6 Å². The molecule has 5 heteroatoms. The van der Waals surface area contributed by atoms with Crippen LogP contribution in [0.2, 0.25) is 0 Å². The van der Waals surface area contributed by atoms with Crippen LogP contribution < -0.4 is 5.32 Å². The normalized spacial score (nSPS) is 10.6. The van der Waals surface area contributed by atoms with Crippen LogP contribution in [-0.2, 0) is 0 Å². The number of nitrogens with zero attached hydrogens (tertiary/aromatic N) is 2. The Bertz CT molecular complexity index is 639. The standard InChI is InChI=1S/C15H17N3O2/c1-9(2)11-6-4-5-10(3)14(11)18-13-8-16-7-12(17-13)15(19)20/h4-9H,1-3H3,(H,17,18)(H,19,20). The molecule has 0 amide bonds. The summed E-state index contributed by atoms with van der Waals surface area (Å²) in [6.07, 6.45) is 2.75. The summed E-state index contributed by atoms with van der Waals surface area (Å²) < 4.78 is 0. The summed E-state index contributed by atoms with van der Waals surface area (Å²) >= 11 is 0. The summed E-state index contributed by atoms with van der Waals surface area (Å²) in [5.41, 5.74) is 3.13. The molecule has 0 aliphatic rings. The summed E-state index contributed by atoms with van der Waals surface area (Å²) in [5, 5.41) is 12.1. The Labute approximate surface area is 117 Å². The minimum Gasteiger partial charge on any atom is -0.476 e. The zero-order chi connectivity index (χ0) is 14.7. The number of aromatic carboxylic acids is 1. The van der Waals surface area contributed by atoms with Gasteiger partial charge in [-0.05, 0) is 24.0 Å². The van der Waals surface area contributed by atoms with Gasteiger partial charge < -0.3 is 10.4 Å². The molecule has 0 aliphatic carbocycles. The molecule has 0 saturated heterocycles. The van der Waals surface area contributed by atoms with Crippen molar-refractivity contribution < 1.29 is 9.90 Å². The van der Waals surface area contributed by atoms with Gasteiger partial charge in [0.1, 0.15) is 5.82 Å². The van der Waals surface area contributed by atoms with Gasteiger partial charge in [-0.2, -0.15) is 0 Å². The molecule has 5 nitrogen and oxygen atoms in total. The fraction of sp³-hybridized carbons (Fsp3) is 0.267. The maximum absolute atomic E-state index is 10.9. The van der Waals surface area contributed by atoms with E-state index in [-0.39, 0.29) is 5.69 Å². The van der Waals surface area contributed by atoms with E-state index in [0.717, 1.165) is 16.8 Å². The Hall–Kier alpha value is -2.43. The van der Waals surface area contributed by atoms with Crippen molar-refractivity contribution in [1.29, 1.82) is 0 Å². The van der Waals surface area contributed by atoms with Crippen LogP contribution in [0.4, 0.5) is 11.5 Å². The van der Waals surface area contributed by atoms with Crippen LogP contribution in [0.3, 0.4) is 0 Å². The number of carbonyl (C=O) groups is 1. The van der Waals surface area contributed by atoms with Gasteiger partial charge in [0.25, 0.3) is 0 Å². The minimum atomic E-state index is -1.09. The van der Waals surface area contributed by atoms with Crippen molar-refractivity contribution in [2.24, 2.45) is 0 Å². The third kappa shape index (κ3) is 2.93. The highest BCUT2D eigenvalue weighted by molar-refractivity contribution is 5.85. The molecular weight excluding hydrogens is 254 g/mol. The molecule has 20 heavy (non-hydrogen) atoms. The molecule has 2 aromatic rings. The Morgan fingerprint density at radius 1 is 1.30 bits per heavy atom. The van der Waals surface area contributed by atoms with Crippen molar-refractivity contribution >= 4 is 17.5 Å².